The van der Waals surface area contributed by atoms with Crippen molar-refractivity contribution in [3.63, 3.8) is 0 Å². The zero-order valence-electron chi connectivity index (χ0n) is 13.5. The highest BCUT2D eigenvalue weighted by Gasteiger charge is 2.31. The first-order valence-corrected chi connectivity index (χ1v) is 9.08. The van der Waals surface area contributed by atoms with Gasteiger partial charge < -0.3 is 0 Å². The number of aliphatic imine (C=N–C) groups is 1. The summed E-state index contributed by atoms with van der Waals surface area (Å²) in [6.45, 7) is 0.513. The van der Waals surface area contributed by atoms with E-state index in [0.717, 1.165) is 16.8 Å². The predicted molar refractivity (Wildman–Crippen MR) is 101 cm³/mol. The molecule has 2 atom stereocenters. The molecule has 0 saturated carbocycles. The van der Waals surface area contributed by atoms with E-state index >= 15 is 0 Å². The maximum Gasteiger partial charge on any atom is 0.261 e. The molecule has 0 amide bonds. The minimum absolute atomic E-state index is 0.00746. The third kappa shape index (κ3) is 4.07. The summed E-state index contributed by atoms with van der Waals surface area (Å²) in [5.41, 5.74) is 2.91. The zero-order chi connectivity index (χ0) is 17.8. The number of guanidine groups is 1. The summed E-state index contributed by atoms with van der Waals surface area (Å²) in [5, 5.41) is 6.90. The van der Waals surface area contributed by atoms with E-state index in [1.165, 1.54) is 0 Å². The average molecular weight is 377 g/mol. The molecule has 2 N–H and O–H groups in total. The molecule has 0 spiro atoms. The fourth-order valence-corrected chi connectivity index (χ4v) is 3.23. The Bertz CT molecular complexity index is 824. The van der Waals surface area contributed by atoms with Gasteiger partial charge >= 0.3 is 0 Å². The van der Waals surface area contributed by atoms with Crippen LogP contribution in [0.15, 0.2) is 64.7 Å². The Morgan fingerprint density at radius 3 is 2.56 bits per heavy atom. The van der Waals surface area contributed by atoms with Crippen LogP contribution in [0.3, 0.4) is 0 Å². The minimum Gasteiger partial charge on any atom is -0.289 e. The molecule has 8 heteroatoms. The van der Waals surface area contributed by atoms with Gasteiger partial charge in [0.2, 0.25) is 5.96 Å². The summed E-state index contributed by atoms with van der Waals surface area (Å²) in [6, 6.07) is 17.5. The summed E-state index contributed by atoms with van der Waals surface area (Å²) < 4.78 is 22.6. The Balaban J connectivity index is 1.99. The van der Waals surface area contributed by atoms with Gasteiger partial charge in [0.05, 0.1) is 12.3 Å². The first kappa shape index (κ1) is 17.6. The second kappa shape index (κ2) is 7.77. The molecule has 2 aromatic carbocycles. The third-order valence-corrected chi connectivity index (χ3v) is 4.50. The van der Waals surface area contributed by atoms with Crippen LogP contribution in [0.4, 0.5) is 0 Å². The molecule has 0 fully saturated rings. The molecule has 130 valence electrons. The van der Waals surface area contributed by atoms with Gasteiger partial charge in [-0.25, -0.2) is 9.22 Å². The Morgan fingerprint density at radius 2 is 1.96 bits per heavy atom. The summed E-state index contributed by atoms with van der Waals surface area (Å²) in [6.07, 6.45) is 0. The smallest absolute Gasteiger partial charge is 0.261 e. The van der Waals surface area contributed by atoms with E-state index in [2.05, 4.69) is 14.8 Å². The number of benzene rings is 2. The fourth-order valence-electron chi connectivity index (χ4n) is 2.75. The Kier molecular flexibility index (Phi) is 5.47. The number of hydrogen-bond acceptors (Lipinski definition) is 3. The lowest BCUT2D eigenvalue weighted by molar-refractivity contribution is 0.460. The standard InChI is InChI=1S/C17H17ClN4O2S/c1-19-17(21-25(23)24)22-11-15(12-5-3-2-4-6-12)16(20-22)13-7-9-14(18)10-8-13/h2-10,15H,11H2,1H3,(H,19,21)(H,23,24)/t15-/m1/s1. The van der Waals surface area contributed by atoms with Crippen molar-refractivity contribution in [3.8, 4) is 0 Å². The normalized spacial score (nSPS) is 18.8. The molecular weight excluding hydrogens is 360 g/mol. The van der Waals surface area contributed by atoms with Crippen molar-refractivity contribution in [2.45, 2.75) is 5.92 Å². The van der Waals surface area contributed by atoms with E-state index in [1.807, 2.05) is 54.6 Å². The number of rotatable bonds is 3. The van der Waals surface area contributed by atoms with Crippen LogP contribution in [0.5, 0.6) is 0 Å². The van der Waals surface area contributed by atoms with E-state index < -0.39 is 11.3 Å². The van der Waals surface area contributed by atoms with E-state index in [1.54, 1.807) is 12.1 Å². The topological polar surface area (TPSA) is 77.3 Å². The highest BCUT2D eigenvalue weighted by Crippen LogP contribution is 2.29. The van der Waals surface area contributed by atoms with Gasteiger partial charge in [0.1, 0.15) is 0 Å². The summed E-state index contributed by atoms with van der Waals surface area (Å²) in [4.78, 5) is 4.03. The molecule has 1 unspecified atom stereocenters. The third-order valence-electron chi connectivity index (χ3n) is 3.89. The molecule has 1 heterocycles. The largest absolute Gasteiger partial charge is 0.289 e. The molecule has 0 aliphatic carbocycles. The molecule has 6 nitrogen and oxygen atoms in total. The SMILES string of the molecule is CN=C(NS(=O)O)N1C[C@H](c2ccccc2)C(c2ccc(Cl)cc2)=N1. The van der Waals surface area contributed by atoms with Crippen LogP contribution in [-0.2, 0) is 11.3 Å². The van der Waals surface area contributed by atoms with Crippen LogP contribution < -0.4 is 4.72 Å². The number of hydrogen-bond donors (Lipinski definition) is 2. The van der Waals surface area contributed by atoms with Crippen LogP contribution >= 0.6 is 11.6 Å². The predicted octanol–water partition coefficient (Wildman–Crippen LogP) is 2.86. The molecule has 0 radical (unpaired) electrons. The van der Waals surface area contributed by atoms with Gasteiger partial charge in [-0.2, -0.15) is 5.10 Å². The lowest BCUT2D eigenvalue weighted by Crippen LogP contribution is -2.38. The van der Waals surface area contributed by atoms with Crippen molar-refractivity contribution < 1.29 is 8.76 Å². The average Bonchev–Trinajstić information content (AvgIpc) is 3.06. The van der Waals surface area contributed by atoms with E-state index in [9.17, 15) is 4.21 Å². The summed E-state index contributed by atoms with van der Waals surface area (Å²) in [5.74, 6) is 0.249. The Labute approximate surface area is 153 Å². The number of halogens is 1. The van der Waals surface area contributed by atoms with Crippen molar-refractivity contribution in [2.75, 3.05) is 13.6 Å². The molecule has 0 bridgehead atoms. The molecule has 0 saturated heterocycles. The van der Waals surface area contributed by atoms with Crippen LogP contribution in [0.2, 0.25) is 5.02 Å². The van der Waals surface area contributed by atoms with Crippen molar-refractivity contribution in [2.24, 2.45) is 10.1 Å². The molecular formula is C17H17ClN4O2S. The number of nitrogens with zero attached hydrogens (tertiary/aromatic N) is 3. The highest BCUT2D eigenvalue weighted by molar-refractivity contribution is 7.77. The van der Waals surface area contributed by atoms with Gasteiger partial charge in [-0.15, -0.1) is 0 Å². The van der Waals surface area contributed by atoms with E-state index in [-0.39, 0.29) is 11.9 Å². The van der Waals surface area contributed by atoms with Gasteiger partial charge in [0.15, 0.2) is 0 Å². The van der Waals surface area contributed by atoms with E-state index in [4.69, 9.17) is 16.2 Å². The fraction of sp³-hybridized carbons (Fsp3) is 0.176. The monoisotopic (exact) mass is 376 g/mol. The maximum atomic E-state index is 11.1. The van der Waals surface area contributed by atoms with Crippen LogP contribution in [0.25, 0.3) is 0 Å². The summed E-state index contributed by atoms with van der Waals surface area (Å²) in [7, 11) is 1.54. The second-order valence-electron chi connectivity index (χ2n) is 5.44. The van der Waals surface area contributed by atoms with Crippen molar-refractivity contribution in [1.29, 1.82) is 0 Å². The highest BCUT2D eigenvalue weighted by atomic mass is 35.5. The maximum absolute atomic E-state index is 11.1. The lowest BCUT2D eigenvalue weighted by atomic mass is 9.91. The molecule has 1 aliphatic heterocycles. The van der Waals surface area contributed by atoms with Crippen LogP contribution in [0.1, 0.15) is 17.0 Å². The molecule has 25 heavy (non-hydrogen) atoms. The first-order valence-electron chi connectivity index (χ1n) is 7.59. The molecule has 1 aliphatic rings. The minimum atomic E-state index is -2.22. The van der Waals surface area contributed by atoms with Crippen molar-refractivity contribution in [1.82, 2.24) is 9.73 Å². The Morgan fingerprint density at radius 1 is 1.28 bits per heavy atom. The van der Waals surface area contributed by atoms with Crippen molar-refractivity contribution in [3.05, 3.63) is 70.7 Å². The zero-order valence-corrected chi connectivity index (χ0v) is 15.0. The van der Waals surface area contributed by atoms with E-state index in [0.29, 0.717) is 11.6 Å². The number of hydrazone groups is 1. The number of nitrogens with one attached hydrogen (secondary N) is 1. The van der Waals surface area contributed by atoms with Gasteiger partial charge in [0, 0.05) is 18.0 Å². The Hall–Kier alpha value is -2.22. The van der Waals surface area contributed by atoms with Crippen LogP contribution in [0, 0.1) is 0 Å². The van der Waals surface area contributed by atoms with Crippen molar-refractivity contribution >= 4 is 34.5 Å². The molecule has 0 aromatic heterocycles. The van der Waals surface area contributed by atoms with Gasteiger partial charge in [-0.1, -0.05) is 54.1 Å². The lowest BCUT2D eigenvalue weighted by Gasteiger charge is -2.17. The van der Waals surface area contributed by atoms with Gasteiger partial charge in [0.25, 0.3) is 11.3 Å². The quantitative estimate of drug-likeness (QED) is 0.491. The summed E-state index contributed by atoms with van der Waals surface area (Å²) >= 11 is 3.77. The van der Waals surface area contributed by atoms with Gasteiger partial charge in [-0.05, 0) is 23.3 Å². The second-order valence-corrected chi connectivity index (χ2v) is 6.57. The first-order chi connectivity index (χ1) is 12.1. The molecule has 2 aromatic rings. The molecule has 3 rings (SSSR count). The van der Waals surface area contributed by atoms with Gasteiger partial charge in [-0.3, -0.25) is 14.3 Å². The van der Waals surface area contributed by atoms with Crippen LogP contribution in [-0.4, -0.2) is 39.0 Å².